The second-order valence-electron chi connectivity index (χ2n) is 9.50. The predicted molar refractivity (Wildman–Crippen MR) is 130 cm³/mol. The lowest BCUT2D eigenvalue weighted by molar-refractivity contribution is -0.152. The first-order valence-electron chi connectivity index (χ1n) is 12.4. The molecule has 192 valence electrons. The summed E-state index contributed by atoms with van der Waals surface area (Å²) in [5, 5.41) is 0. The maximum absolute atomic E-state index is 13.1. The lowest BCUT2D eigenvalue weighted by atomic mass is 9.94. The molecule has 1 fully saturated rings. The second-order valence-corrected chi connectivity index (χ2v) is 9.50. The van der Waals surface area contributed by atoms with Crippen LogP contribution >= 0.6 is 0 Å². The van der Waals surface area contributed by atoms with Gasteiger partial charge in [-0.25, -0.2) is 0 Å². The molecule has 1 aromatic carbocycles. The first kappa shape index (κ1) is 24.5. The summed E-state index contributed by atoms with van der Waals surface area (Å²) >= 11 is 0. The quantitative estimate of drug-likeness (QED) is 0.576. The number of ether oxygens (including phenoxy) is 2. The van der Waals surface area contributed by atoms with Crippen LogP contribution in [-0.2, 0) is 20.7 Å². The normalized spacial score (nSPS) is 22.6. The highest BCUT2D eigenvalue weighted by Crippen LogP contribution is 2.34. The van der Waals surface area contributed by atoms with Gasteiger partial charge in [0.25, 0.3) is 0 Å². The number of fused-ring (bicyclic) bond motifs is 1. The third kappa shape index (κ3) is 5.61. The Morgan fingerprint density at radius 2 is 1.83 bits per heavy atom. The molecule has 1 unspecified atom stereocenters. The monoisotopic (exact) mass is 501 g/mol. The fraction of sp³-hybridized carbons (Fsp3) is 0.444. The van der Waals surface area contributed by atoms with Crippen molar-refractivity contribution in [2.75, 3.05) is 37.6 Å². The van der Waals surface area contributed by atoms with Crippen LogP contribution in [0.3, 0.4) is 0 Å². The van der Waals surface area contributed by atoms with Gasteiger partial charge in [-0.15, -0.1) is 0 Å². The third-order valence-corrected chi connectivity index (χ3v) is 7.04. The molecule has 1 aromatic rings. The van der Waals surface area contributed by atoms with E-state index in [1.165, 1.54) is 4.90 Å². The van der Waals surface area contributed by atoms with Gasteiger partial charge in [0, 0.05) is 44.5 Å². The summed E-state index contributed by atoms with van der Waals surface area (Å²) in [7, 11) is 0. The fourth-order valence-corrected chi connectivity index (χ4v) is 5.21. The Morgan fingerprint density at radius 1 is 1.03 bits per heavy atom. The highest BCUT2D eigenvalue weighted by Gasteiger charge is 2.39. The SMILES string of the molecule is O=C(CC(F)(F)F)N1c2ccccc2CCC1CN1CCN(C2=COC(C3=CC=CCC3)=CO2)CC1. The molecule has 4 aliphatic rings. The minimum Gasteiger partial charge on any atom is -0.456 e. The van der Waals surface area contributed by atoms with Crippen molar-refractivity contribution in [2.45, 2.75) is 44.3 Å². The van der Waals surface area contributed by atoms with Gasteiger partial charge >= 0.3 is 6.18 Å². The molecule has 1 amide bonds. The van der Waals surface area contributed by atoms with Crippen molar-refractivity contribution in [3.8, 4) is 0 Å². The molecule has 1 saturated heterocycles. The van der Waals surface area contributed by atoms with E-state index in [4.69, 9.17) is 9.47 Å². The predicted octanol–water partition coefficient (Wildman–Crippen LogP) is 4.87. The summed E-state index contributed by atoms with van der Waals surface area (Å²) < 4.78 is 50.9. The summed E-state index contributed by atoms with van der Waals surface area (Å²) in [6.07, 6.45) is 6.76. The van der Waals surface area contributed by atoms with Gasteiger partial charge in [0.05, 0.1) is 0 Å². The van der Waals surface area contributed by atoms with E-state index < -0.39 is 18.5 Å². The number of para-hydroxylation sites is 1. The number of hydrogen-bond donors (Lipinski definition) is 0. The van der Waals surface area contributed by atoms with Crippen LogP contribution in [0.2, 0.25) is 0 Å². The standard InChI is InChI=1S/C27H30F3N3O3/c28-27(29,30)16-25(34)33-22(11-10-20-6-4-5-9-23(20)33)17-31-12-14-32(15-13-31)26-19-35-24(18-36-26)21-7-2-1-3-8-21/h1-2,4-7,9,18-19,22H,3,8,10-17H2. The number of rotatable bonds is 5. The Balaban J connectivity index is 1.19. The summed E-state index contributed by atoms with van der Waals surface area (Å²) in [5.41, 5.74) is 2.63. The largest absolute Gasteiger partial charge is 0.456 e. The van der Waals surface area contributed by atoms with Gasteiger partial charge < -0.3 is 19.3 Å². The van der Waals surface area contributed by atoms with Crippen molar-refractivity contribution < 1.29 is 27.4 Å². The van der Waals surface area contributed by atoms with Crippen LogP contribution in [0, 0.1) is 0 Å². The number of carbonyl (C=O) groups is 1. The average Bonchev–Trinajstić information content (AvgIpc) is 2.88. The number of alkyl halides is 3. The van der Waals surface area contributed by atoms with E-state index in [-0.39, 0.29) is 6.04 Å². The number of nitrogens with zero attached hydrogens (tertiary/aromatic N) is 3. The maximum atomic E-state index is 13.1. The third-order valence-electron chi connectivity index (χ3n) is 7.04. The number of halogens is 3. The number of hydrogen-bond acceptors (Lipinski definition) is 5. The van der Waals surface area contributed by atoms with E-state index in [2.05, 4.69) is 15.9 Å². The Labute approximate surface area is 208 Å². The number of piperazine rings is 1. The summed E-state index contributed by atoms with van der Waals surface area (Å²) in [6, 6.07) is 6.98. The van der Waals surface area contributed by atoms with Gasteiger partial charge in [-0.1, -0.05) is 36.4 Å². The average molecular weight is 502 g/mol. The van der Waals surface area contributed by atoms with Crippen LogP contribution in [0.25, 0.3) is 0 Å². The number of allylic oxidation sites excluding steroid dienone is 4. The molecule has 1 atom stereocenters. The Bertz CT molecular complexity index is 1100. The van der Waals surface area contributed by atoms with Crippen molar-refractivity contribution in [1.29, 1.82) is 0 Å². The second kappa shape index (κ2) is 10.4. The first-order valence-corrected chi connectivity index (χ1v) is 12.4. The van der Waals surface area contributed by atoms with E-state index in [0.29, 0.717) is 50.7 Å². The molecule has 0 N–H and O–H groups in total. The molecular formula is C27H30F3N3O3. The van der Waals surface area contributed by atoms with Crippen LogP contribution in [0.4, 0.5) is 18.9 Å². The van der Waals surface area contributed by atoms with Gasteiger partial charge in [-0.05, 0) is 42.9 Å². The zero-order valence-corrected chi connectivity index (χ0v) is 20.0. The van der Waals surface area contributed by atoms with E-state index >= 15 is 0 Å². The van der Waals surface area contributed by atoms with Crippen LogP contribution in [0.1, 0.15) is 31.2 Å². The molecule has 0 radical (unpaired) electrons. The minimum absolute atomic E-state index is 0.293. The molecule has 9 heteroatoms. The van der Waals surface area contributed by atoms with Crippen LogP contribution in [0.5, 0.6) is 0 Å². The Hall–Kier alpha value is -3.20. The molecule has 0 spiro atoms. The van der Waals surface area contributed by atoms with E-state index in [1.54, 1.807) is 24.7 Å². The molecule has 36 heavy (non-hydrogen) atoms. The Morgan fingerprint density at radius 3 is 2.53 bits per heavy atom. The van der Waals surface area contributed by atoms with Crippen LogP contribution < -0.4 is 4.90 Å². The molecule has 0 bridgehead atoms. The summed E-state index contributed by atoms with van der Waals surface area (Å²) in [6.45, 7) is 3.36. The summed E-state index contributed by atoms with van der Waals surface area (Å²) in [4.78, 5) is 18.5. The highest BCUT2D eigenvalue weighted by molar-refractivity contribution is 5.95. The minimum atomic E-state index is -4.53. The van der Waals surface area contributed by atoms with E-state index in [9.17, 15) is 18.0 Å². The van der Waals surface area contributed by atoms with Gasteiger partial charge in [-0.3, -0.25) is 9.69 Å². The van der Waals surface area contributed by atoms with E-state index in [1.807, 2.05) is 24.3 Å². The number of carbonyl (C=O) groups excluding carboxylic acids is 1. The lowest BCUT2D eigenvalue weighted by Gasteiger charge is -2.42. The molecule has 3 heterocycles. The van der Waals surface area contributed by atoms with Crippen molar-refractivity contribution in [3.05, 3.63) is 77.8 Å². The zero-order valence-electron chi connectivity index (χ0n) is 20.0. The molecule has 3 aliphatic heterocycles. The van der Waals surface area contributed by atoms with Crippen molar-refractivity contribution >= 4 is 11.6 Å². The molecule has 0 saturated carbocycles. The number of aryl methyl sites for hydroxylation is 1. The molecule has 6 nitrogen and oxygen atoms in total. The van der Waals surface area contributed by atoms with Gasteiger partial charge in [-0.2, -0.15) is 13.2 Å². The molecule has 0 aromatic heterocycles. The number of benzene rings is 1. The van der Waals surface area contributed by atoms with Crippen molar-refractivity contribution in [1.82, 2.24) is 9.80 Å². The van der Waals surface area contributed by atoms with Crippen LogP contribution in [0.15, 0.2) is 72.2 Å². The Kier molecular flexibility index (Phi) is 7.09. The molecule has 1 aliphatic carbocycles. The summed E-state index contributed by atoms with van der Waals surface area (Å²) in [5.74, 6) is 0.490. The van der Waals surface area contributed by atoms with Crippen molar-refractivity contribution in [3.63, 3.8) is 0 Å². The smallest absolute Gasteiger partial charge is 0.397 e. The fourth-order valence-electron chi connectivity index (χ4n) is 5.21. The van der Waals surface area contributed by atoms with Gasteiger partial charge in [0.2, 0.25) is 11.8 Å². The number of amides is 1. The molecular weight excluding hydrogens is 471 g/mol. The first-order chi connectivity index (χ1) is 17.4. The highest BCUT2D eigenvalue weighted by atomic mass is 19.4. The van der Waals surface area contributed by atoms with Crippen molar-refractivity contribution in [2.24, 2.45) is 0 Å². The van der Waals surface area contributed by atoms with Gasteiger partial charge in [0.15, 0.2) is 12.0 Å². The zero-order chi connectivity index (χ0) is 25.1. The number of anilines is 1. The lowest BCUT2D eigenvalue weighted by Crippen LogP contribution is -2.54. The maximum Gasteiger partial charge on any atom is 0.397 e. The van der Waals surface area contributed by atoms with Crippen LogP contribution in [-0.4, -0.2) is 60.6 Å². The van der Waals surface area contributed by atoms with E-state index in [0.717, 1.165) is 36.2 Å². The molecule has 5 rings (SSSR count). The topological polar surface area (TPSA) is 45.3 Å². The van der Waals surface area contributed by atoms with Gasteiger partial charge in [0.1, 0.15) is 12.7 Å².